The van der Waals surface area contributed by atoms with Crippen molar-refractivity contribution in [3.63, 3.8) is 0 Å². The maximum Gasteiger partial charge on any atom is 0.472 e. The van der Waals surface area contributed by atoms with Gasteiger partial charge in [0.2, 0.25) is 5.91 Å². The van der Waals surface area contributed by atoms with E-state index in [1.807, 2.05) is 0 Å². The molecule has 1 amide bonds. The van der Waals surface area contributed by atoms with Crippen LogP contribution in [-0.2, 0) is 18.4 Å². The Morgan fingerprint density at radius 2 is 0.967 bits per heavy atom. The fourth-order valence-electron chi connectivity index (χ4n) is 7.81. The Balaban J connectivity index is 2.51. The van der Waals surface area contributed by atoms with Crippen LogP contribution in [0.15, 0.2) is 24.3 Å². The SMILES string of the molecule is CCCCC/C=C\C/C=C\CCCCCCCC(O)CC(=O)NC(COP(=O)(O)OC1C(O)C(O)C(O)C(O)C1O)C(O)CCCCCCCCCCCCCCCCCC. The first-order chi connectivity index (χ1) is 29.3. The Bertz CT molecular complexity index is 1140. The molecule has 1 aliphatic rings. The molecule has 13 nitrogen and oxygen atoms in total. The molecule has 0 aliphatic heterocycles. The zero-order valence-electron chi connectivity index (χ0n) is 38.1. The maximum atomic E-state index is 13.0. The number of rotatable bonds is 40. The van der Waals surface area contributed by atoms with Gasteiger partial charge in [0.05, 0.1) is 31.3 Å². The maximum absolute atomic E-state index is 13.0. The van der Waals surface area contributed by atoms with Gasteiger partial charge in [0, 0.05) is 0 Å². The number of hydrogen-bond donors (Lipinski definition) is 9. The molecule has 61 heavy (non-hydrogen) atoms. The summed E-state index contributed by atoms with van der Waals surface area (Å²) in [5, 5.41) is 74.7. The average Bonchev–Trinajstić information content (AvgIpc) is 3.23. The largest absolute Gasteiger partial charge is 0.472 e. The minimum Gasteiger partial charge on any atom is -0.393 e. The third-order valence-electron chi connectivity index (χ3n) is 11.8. The number of unbranched alkanes of at least 4 members (excludes halogenated alkanes) is 23. The number of amides is 1. The van der Waals surface area contributed by atoms with Crippen LogP contribution in [0, 0.1) is 0 Å². The van der Waals surface area contributed by atoms with Crippen LogP contribution in [0.4, 0.5) is 0 Å². The molecule has 0 aromatic rings. The summed E-state index contributed by atoms with van der Waals surface area (Å²) in [4.78, 5) is 23.5. The third-order valence-corrected chi connectivity index (χ3v) is 12.8. The number of hydrogen-bond acceptors (Lipinski definition) is 11. The zero-order chi connectivity index (χ0) is 45.1. The van der Waals surface area contributed by atoms with E-state index in [1.54, 1.807) is 0 Å². The lowest BCUT2D eigenvalue weighted by molar-refractivity contribution is -0.220. The molecule has 14 heteroatoms. The van der Waals surface area contributed by atoms with Gasteiger partial charge in [0.1, 0.15) is 36.6 Å². The van der Waals surface area contributed by atoms with Gasteiger partial charge in [-0.2, -0.15) is 0 Å². The van der Waals surface area contributed by atoms with Gasteiger partial charge in [0.25, 0.3) is 0 Å². The number of phosphoric ester groups is 1. The summed E-state index contributed by atoms with van der Waals surface area (Å²) in [6.07, 6.45) is 26.4. The van der Waals surface area contributed by atoms with Gasteiger partial charge in [-0.25, -0.2) is 4.57 Å². The molecule has 1 rings (SSSR count). The van der Waals surface area contributed by atoms with E-state index >= 15 is 0 Å². The summed E-state index contributed by atoms with van der Waals surface area (Å²) < 4.78 is 22.9. The lowest BCUT2D eigenvalue weighted by atomic mass is 9.85. The Morgan fingerprint density at radius 1 is 0.574 bits per heavy atom. The molecule has 0 heterocycles. The molecule has 1 fully saturated rings. The molecule has 9 N–H and O–H groups in total. The van der Waals surface area contributed by atoms with E-state index in [9.17, 15) is 50.0 Å². The Labute approximate surface area is 369 Å². The number of carbonyl (C=O) groups excluding carboxylic acids is 1. The van der Waals surface area contributed by atoms with E-state index in [-0.39, 0.29) is 12.8 Å². The second-order valence-corrected chi connectivity index (χ2v) is 18.9. The van der Waals surface area contributed by atoms with Gasteiger partial charge in [-0.1, -0.05) is 179 Å². The molecular formula is C47H90NO12P. The monoisotopic (exact) mass is 892 g/mol. The Morgan fingerprint density at radius 3 is 1.46 bits per heavy atom. The molecule has 0 bridgehead atoms. The number of carbonyl (C=O) groups is 1. The predicted octanol–water partition coefficient (Wildman–Crippen LogP) is 8.37. The van der Waals surface area contributed by atoms with Crippen molar-refractivity contribution in [3.8, 4) is 0 Å². The van der Waals surface area contributed by atoms with E-state index in [4.69, 9.17) is 9.05 Å². The van der Waals surface area contributed by atoms with Crippen LogP contribution in [0.3, 0.4) is 0 Å². The highest BCUT2D eigenvalue weighted by atomic mass is 31.2. The summed E-state index contributed by atoms with van der Waals surface area (Å²) in [6, 6.07) is -1.16. The summed E-state index contributed by atoms with van der Waals surface area (Å²) in [5.41, 5.74) is 0. The number of allylic oxidation sites excluding steroid dienone is 4. The number of aliphatic hydroxyl groups excluding tert-OH is 7. The van der Waals surface area contributed by atoms with Crippen LogP contribution >= 0.6 is 7.82 Å². The van der Waals surface area contributed by atoms with Crippen molar-refractivity contribution in [2.24, 2.45) is 0 Å². The lowest BCUT2D eigenvalue weighted by Crippen LogP contribution is -2.64. The fraction of sp³-hybridized carbons (Fsp3) is 0.894. The Kier molecular flexibility index (Phi) is 35.1. The lowest BCUT2D eigenvalue weighted by Gasteiger charge is -2.41. The van der Waals surface area contributed by atoms with E-state index < -0.39 is 75.2 Å². The smallest absolute Gasteiger partial charge is 0.393 e. The molecule has 0 saturated heterocycles. The van der Waals surface area contributed by atoms with Gasteiger partial charge in [0.15, 0.2) is 0 Å². The van der Waals surface area contributed by atoms with Gasteiger partial charge < -0.3 is 46.0 Å². The highest BCUT2D eigenvalue weighted by Crippen LogP contribution is 2.47. The predicted molar refractivity (Wildman–Crippen MR) is 243 cm³/mol. The van der Waals surface area contributed by atoms with Crippen molar-refractivity contribution >= 4 is 13.7 Å². The van der Waals surface area contributed by atoms with Crippen LogP contribution < -0.4 is 5.32 Å². The molecule has 0 radical (unpaired) electrons. The van der Waals surface area contributed by atoms with Gasteiger partial charge in [-0.3, -0.25) is 13.8 Å². The van der Waals surface area contributed by atoms with Crippen LogP contribution in [0.1, 0.15) is 206 Å². The molecular weight excluding hydrogens is 801 g/mol. The van der Waals surface area contributed by atoms with Crippen molar-refractivity contribution < 1.29 is 59.0 Å². The van der Waals surface area contributed by atoms with E-state index in [0.717, 1.165) is 77.0 Å². The highest BCUT2D eigenvalue weighted by molar-refractivity contribution is 7.47. The quantitative estimate of drug-likeness (QED) is 0.0161. The summed E-state index contributed by atoms with van der Waals surface area (Å²) in [6.45, 7) is 3.77. The highest BCUT2D eigenvalue weighted by Gasteiger charge is 2.51. The number of aliphatic hydroxyl groups is 7. The van der Waals surface area contributed by atoms with Crippen LogP contribution in [0.2, 0.25) is 0 Å². The second-order valence-electron chi connectivity index (χ2n) is 17.5. The minimum atomic E-state index is -5.12. The van der Waals surface area contributed by atoms with Crippen LogP contribution in [0.5, 0.6) is 0 Å². The number of nitrogens with one attached hydrogen (secondary N) is 1. The molecule has 1 saturated carbocycles. The van der Waals surface area contributed by atoms with Crippen molar-refractivity contribution in [2.75, 3.05) is 6.61 Å². The van der Waals surface area contributed by atoms with Gasteiger partial charge >= 0.3 is 7.82 Å². The molecule has 0 aromatic carbocycles. The number of phosphoric acid groups is 1. The first-order valence-electron chi connectivity index (χ1n) is 24.4. The van der Waals surface area contributed by atoms with Gasteiger partial charge in [-0.15, -0.1) is 0 Å². The van der Waals surface area contributed by atoms with Crippen molar-refractivity contribution in [3.05, 3.63) is 24.3 Å². The molecule has 1 aliphatic carbocycles. The minimum absolute atomic E-state index is 0.230. The standard InChI is InChI=1S/C47H90NO12P/c1-3-5-7-9-11-13-15-17-19-21-23-25-27-29-31-33-35-40(50)39(37-59-61(57,58)60-47-45(55)43(53)42(52)44(54)46(47)56)48-41(51)36-38(49)34-32-30-28-26-24-22-20-18-16-14-12-10-8-6-4-2/h12,14,18,20,38-40,42-47,49-50,52-56H,3-11,13,15-17,19,21-37H2,1-2H3,(H,48,51)(H,57,58)/b14-12-,20-18-. The van der Waals surface area contributed by atoms with E-state index in [1.165, 1.54) is 89.9 Å². The summed E-state index contributed by atoms with van der Waals surface area (Å²) in [7, 11) is -5.12. The van der Waals surface area contributed by atoms with Crippen molar-refractivity contribution in [1.29, 1.82) is 0 Å². The first-order valence-corrected chi connectivity index (χ1v) is 25.9. The zero-order valence-corrected chi connectivity index (χ0v) is 39.0. The van der Waals surface area contributed by atoms with E-state index in [2.05, 4.69) is 43.5 Å². The fourth-order valence-corrected chi connectivity index (χ4v) is 8.77. The van der Waals surface area contributed by atoms with E-state index in [0.29, 0.717) is 12.8 Å². The second kappa shape index (κ2) is 37.0. The third kappa shape index (κ3) is 29.0. The van der Waals surface area contributed by atoms with Crippen molar-refractivity contribution in [2.45, 2.75) is 261 Å². The molecule has 0 aromatic heterocycles. The van der Waals surface area contributed by atoms with Crippen molar-refractivity contribution in [1.82, 2.24) is 5.32 Å². The van der Waals surface area contributed by atoms with Crippen LogP contribution in [-0.4, -0.2) is 108 Å². The molecule has 0 spiro atoms. The molecule has 8 unspecified atom stereocenters. The summed E-state index contributed by atoms with van der Waals surface area (Å²) >= 11 is 0. The first kappa shape index (κ1) is 57.8. The van der Waals surface area contributed by atoms with Gasteiger partial charge in [-0.05, 0) is 44.9 Å². The normalized spacial score (nSPS) is 23.4. The summed E-state index contributed by atoms with van der Waals surface area (Å²) in [5.74, 6) is -0.568. The average molecular weight is 892 g/mol. The molecule has 8 atom stereocenters. The topological polar surface area (TPSA) is 226 Å². The molecule has 360 valence electrons. The van der Waals surface area contributed by atoms with Crippen LogP contribution in [0.25, 0.3) is 0 Å². The Hall–Kier alpha value is -1.22.